The highest BCUT2D eigenvalue weighted by atomic mass is 16.7. The molecule has 0 spiro atoms. The van der Waals surface area contributed by atoms with E-state index in [0.29, 0.717) is 5.71 Å². The molecule has 0 fully saturated rings. The van der Waals surface area contributed by atoms with E-state index >= 15 is 0 Å². The van der Waals surface area contributed by atoms with Gasteiger partial charge in [0.15, 0.2) is 0 Å². The summed E-state index contributed by atoms with van der Waals surface area (Å²) in [5.41, 5.74) is 1.69. The van der Waals surface area contributed by atoms with E-state index in [1.54, 1.807) is 13.0 Å². The maximum atomic E-state index is 11.2. The molecule has 18 heavy (non-hydrogen) atoms. The summed E-state index contributed by atoms with van der Waals surface area (Å²) < 4.78 is 0. The van der Waals surface area contributed by atoms with Gasteiger partial charge in [-0.05, 0) is 32.4 Å². The Morgan fingerprint density at radius 1 is 1.33 bits per heavy atom. The Bertz CT molecular complexity index is 436. The molecule has 0 aliphatic heterocycles. The van der Waals surface area contributed by atoms with Gasteiger partial charge in [-0.25, -0.2) is 4.79 Å². The average molecular weight is 246 g/mol. The monoisotopic (exact) mass is 246 g/mol. The highest BCUT2D eigenvalue weighted by Crippen LogP contribution is 2.01. The number of oxime groups is 1. The minimum Gasteiger partial charge on any atom is -0.317 e. The number of hydrogen-bond acceptors (Lipinski definition) is 3. The fourth-order valence-corrected chi connectivity index (χ4v) is 1.19. The number of amides is 1. The van der Waals surface area contributed by atoms with Crippen LogP contribution in [0.2, 0.25) is 0 Å². The molecule has 1 aromatic rings. The summed E-state index contributed by atoms with van der Waals surface area (Å²) in [7, 11) is 0. The molecule has 0 aromatic heterocycles. The first-order valence-electron chi connectivity index (χ1n) is 5.83. The van der Waals surface area contributed by atoms with Gasteiger partial charge in [0.2, 0.25) is 0 Å². The normalized spacial score (nSPS) is 11.9. The Hall–Kier alpha value is -2.10. The summed E-state index contributed by atoms with van der Waals surface area (Å²) in [6, 6.07) is 9.87. The van der Waals surface area contributed by atoms with Crippen molar-refractivity contribution in [3.63, 3.8) is 0 Å². The first-order valence-corrected chi connectivity index (χ1v) is 5.83. The molecule has 0 aliphatic rings. The molecule has 0 saturated carbocycles. The molecule has 4 heteroatoms. The molecular weight excluding hydrogens is 228 g/mol. The van der Waals surface area contributed by atoms with Crippen molar-refractivity contribution in [3.8, 4) is 0 Å². The van der Waals surface area contributed by atoms with E-state index in [1.807, 2.05) is 50.3 Å². The second-order valence-electron chi connectivity index (χ2n) is 4.15. The topological polar surface area (TPSA) is 50.7 Å². The van der Waals surface area contributed by atoms with Crippen LogP contribution in [0, 0.1) is 0 Å². The number of rotatable bonds is 4. The molecule has 0 unspecified atom stereocenters. The van der Waals surface area contributed by atoms with Crippen LogP contribution >= 0.6 is 0 Å². The summed E-state index contributed by atoms with van der Waals surface area (Å²) >= 11 is 0. The van der Waals surface area contributed by atoms with Gasteiger partial charge in [-0.3, -0.25) is 4.84 Å². The lowest BCUT2D eigenvalue weighted by molar-refractivity contribution is 0.148. The maximum absolute atomic E-state index is 11.2. The highest BCUT2D eigenvalue weighted by molar-refractivity contribution is 5.96. The Labute approximate surface area is 107 Å². The summed E-state index contributed by atoms with van der Waals surface area (Å²) in [6.07, 6.45) is 3.15. The van der Waals surface area contributed by atoms with Crippen LogP contribution in [0.3, 0.4) is 0 Å². The van der Waals surface area contributed by atoms with Crippen molar-refractivity contribution in [1.82, 2.24) is 5.32 Å². The largest absolute Gasteiger partial charge is 0.433 e. The number of carbonyl (C=O) groups is 1. The summed E-state index contributed by atoms with van der Waals surface area (Å²) in [5, 5.41) is 6.29. The molecule has 1 rings (SSSR count). The van der Waals surface area contributed by atoms with Gasteiger partial charge in [0.05, 0.1) is 5.71 Å². The number of allylic oxidation sites excluding steroid dienone is 1. The van der Waals surface area contributed by atoms with E-state index in [1.165, 1.54) is 0 Å². The fourth-order valence-electron chi connectivity index (χ4n) is 1.19. The van der Waals surface area contributed by atoms with Crippen molar-refractivity contribution in [2.45, 2.75) is 26.8 Å². The summed E-state index contributed by atoms with van der Waals surface area (Å²) in [6.45, 7) is 5.47. The van der Waals surface area contributed by atoms with Crippen LogP contribution in [0.1, 0.15) is 26.3 Å². The number of hydrogen-bond donors (Lipinski definition) is 1. The minimum absolute atomic E-state index is 0.0351. The molecule has 0 bridgehead atoms. The van der Waals surface area contributed by atoms with Crippen LogP contribution in [0.4, 0.5) is 4.79 Å². The van der Waals surface area contributed by atoms with E-state index < -0.39 is 6.09 Å². The van der Waals surface area contributed by atoms with Crippen LogP contribution in [-0.2, 0) is 4.84 Å². The molecule has 1 aromatic carbocycles. The molecule has 1 amide bonds. The van der Waals surface area contributed by atoms with E-state index in [4.69, 9.17) is 0 Å². The number of carbonyl (C=O) groups excluding carboxylic acids is 1. The second kappa shape index (κ2) is 7.27. The van der Waals surface area contributed by atoms with Crippen molar-refractivity contribution in [2.24, 2.45) is 5.16 Å². The average Bonchev–Trinajstić information content (AvgIpc) is 2.34. The highest BCUT2D eigenvalue weighted by Gasteiger charge is 2.02. The molecule has 0 heterocycles. The van der Waals surface area contributed by atoms with Gasteiger partial charge in [0.1, 0.15) is 0 Å². The van der Waals surface area contributed by atoms with Gasteiger partial charge >= 0.3 is 6.09 Å². The molecule has 0 radical (unpaired) electrons. The molecule has 4 nitrogen and oxygen atoms in total. The van der Waals surface area contributed by atoms with E-state index in [2.05, 4.69) is 15.3 Å². The standard InChI is InChI=1S/C14H18N2O2/c1-11(2)15-14(17)18-16-12(3)9-10-13-7-5-4-6-8-13/h4-11H,1-3H3,(H,15,17). The Morgan fingerprint density at radius 2 is 2.00 bits per heavy atom. The molecule has 1 N–H and O–H groups in total. The van der Waals surface area contributed by atoms with Crippen LogP contribution < -0.4 is 5.32 Å². The maximum Gasteiger partial charge on any atom is 0.433 e. The van der Waals surface area contributed by atoms with Crippen molar-refractivity contribution in [1.29, 1.82) is 0 Å². The lowest BCUT2D eigenvalue weighted by Crippen LogP contribution is -2.29. The smallest absolute Gasteiger partial charge is 0.317 e. The SMILES string of the molecule is CC(C=Cc1ccccc1)=NOC(=O)NC(C)C. The molecule has 0 atom stereocenters. The third-order valence-corrected chi connectivity index (χ3v) is 2.00. The van der Waals surface area contributed by atoms with Crippen LogP contribution in [0.25, 0.3) is 6.08 Å². The molecular formula is C14H18N2O2. The van der Waals surface area contributed by atoms with Gasteiger partial charge in [-0.1, -0.05) is 41.6 Å². The van der Waals surface area contributed by atoms with Crippen molar-refractivity contribution in [2.75, 3.05) is 0 Å². The van der Waals surface area contributed by atoms with Crippen LogP contribution in [-0.4, -0.2) is 17.8 Å². The minimum atomic E-state index is -0.544. The second-order valence-corrected chi connectivity index (χ2v) is 4.15. The zero-order valence-electron chi connectivity index (χ0n) is 10.9. The van der Waals surface area contributed by atoms with E-state index in [9.17, 15) is 4.79 Å². The number of benzene rings is 1. The molecule has 0 aliphatic carbocycles. The number of nitrogens with one attached hydrogen (secondary N) is 1. The van der Waals surface area contributed by atoms with Crippen molar-refractivity contribution in [3.05, 3.63) is 42.0 Å². The lowest BCUT2D eigenvalue weighted by Gasteiger charge is -2.04. The van der Waals surface area contributed by atoms with Gasteiger partial charge in [-0.15, -0.1) is 0 Å². The first kappa shape index (κ1) is 14.0. The van der Waals surface area contributed by atoms with Crippen LogP contribution in [0.15, 0.2) is 41.6 Å². The van der Waals surface area contributed by atoms with Crippen molar-refractivity contribution < 1.29 is 9.63 Å². The Balaban J connectivity index is 2.47. The molecule has 96 valence electrons. The predicted molar refractivity (Wildman–Crippen MR) is 73.3 cm³/mol. The third kappa shape index (κ3) is 5.84. The quantitative estimate of drug-likeness (QED) is 0.504. The first-order chi connectivity index (χ1) is 8.58. The van der Waals surface area contributed by atoms with Gasteiger partial charge < -0.3 is 5.32 Å². The zero-order chi connectivity index (χ0) is 13.4. The lowest BCUT2D eigenvalue weighted by atomic mass is 10.2. The van der Waals surface area contributed by atoms with E-state index in [-0.39, 0.29) is 6.04 Å². The summed E-state index contributed by atoms with van der Waals surface area (Å²) in [4.78, 5) is 15.9. The predicted octanol–water partition coefficient (Wildman–Crippen LogP) is 3.21. The van der Waals surface area contributed by atoms with Gasteiger partial charge in [0, 0.05) is 6.04 Å². The van der Waals surface area contributed by atoms with Gasteiger partial charge in [-0.2, -0.15) is 0 Å². The van der Waals surface area contributed by atoms with E-state index in [0.717, 1.165) is 5.56 Å². The van der Waals surface area contributed by atoms with Crippen molar-refractivity contribution >= 4 is 17.9 Å². The number of nitrogens with zero attached hydrogens (tertiary/aromatic N) is 1. The third-order valence-electron chi connectivity index (χ3n) is 2.00. The fraction of sp³-hybridized carbons (Fsp3) is 0.286. The molecule has 0 saturated heterocycles. The summed E-state index contributed by atoms with van der Waals surface area (Å²) in [5.74, 6) is 0. The van der Waals surface area contributed by atoms with Crippen LogP contribution in [0.5, 0.6) is 0 Å². The Morgan fingerprint density at radius 3 is 2.61 bits per heavy atom. The van der Waals surface area contributed by atoms with Gasteiger partial charge in [0.25, 0.3) is 0 Å². The zero-order valence-corrected chi connectivity index (χ0v) is 10.9. The Kier molecular flexibility index (Phi) is 5.64.